The van der Waals surface area contributed by atoms with Crippen molar-refractivity contribution >= 4 is 11.5 Å². The molecular weight excluding hydrogens is 204 g/mol. The van der Waals surface area contributed by atoms with Crippen molar-refractivity contribution in [1.82, 2.24) is 24.9 Å². The molecule has 6 heteroatoms. The first-order valence-electron chi connectivity index (χ1n) is 5.55. The summed E-state index contributed by atoms with van der Waals surface area (Å²) in [6.07, 6.45) is 7.89. The van der Waals surface area contributed by atoms with Crippen LogP contribution in [-0.2, 0) is 0 Å². The summed E-state index contributed by atoms with van der Waals surface area (Å²) in [5, 5.41) is 14.6. The average molecular weight is 218 g/mol. The van der Waals surface area contributed by atoms with E-state index in [0.717, 1.165) is 30.6 Å². The Morgan fingerprint density at radius 2 is 2.31 bits per heavy atom. The maximum absolute atomic E-state index is 4.25. The van der Waals surface area contributed by atoms with E-state index in [0.29, 0.717) is 0 Å². The topological polar surface area (TPSA) is 67.1 Å². The van der Waals surface area contributed by atoms with Crippen LogP contribution in [0.2, 0.25) is 0 Å². The lowest BCUT2D eigenvalue weighted by molar-refractivity contribution is 0.700. The molecule has 0 bridgehead atoms. The van der Waals surface area contributed by atoms with Crippen molar-refractivity contribution in [3.8, 4) is 0 Å². The van der Waals surface area contributed by atoms with Crippen LogP contribution < -0.4 is 10.6 Å². The van der Waals surface area contributed by atoms with Gasteiger partial charge in [-0.25, -0.2) is 4.98 Å². The van der Waals surface area contributed by atoms with Crippen LogP contribution in [0, 0.1) is 0 Å². The summed E-state index contributed by atoms with van der Waals surface area (Å²) in [5.74, 6) is 0.789. The summed E-state index contributed by atoms with van der Waals surface area (Å²) in [4.78, 5) is 4.25. The predicted octanol–water partition coefficient (Wildman–Crippen LogP) is 0.288. The molecule has 1 saturated carbocycles. The number of fused-ring (bicyclic) bond motifs is 1. The molecule has 16 heavy (non-hydrogen) atoms. The summed E-state index contributed by atoms with van der Waals surface area (Å²) in [6.45, 7) is 1.82. The maximum Gasteiger partial charge on any atom is 0.203 e. The number of hydrogen-bond acceptors (Lipinski definition) is 5. The maximum atomic E-state index is 4.25. The van der Waals surface area contributed by atoms with E-state index < -0.39 is 0 Å². The zero-order valence-electron chi connectivity index (χ0n) is 8.93. The first kappa shape index (κ1) is 9.53. The summed E-state index contributed by atoms with van der Waals surface area (Å²) in [6, 6.07) is 0.749. The molecule has 6 nitrogen and oxygen atoms in total. The van der Waals surface area contributed by atoms with Crippen molar-refractivity contribution in [3.63, 3.8) is 0 Å². The van der Waals surface area contributed by atoms with E-state index in [4.69, 9.17) is 0 Å². The summed E-state index contributed by atoms with van der Waals surface area (Å²) < 4.78 is 1.85. The second-order valence-electron chi connectivity index (χ2n) is 3.99. The minimum atomic E-state index is 0.749. The van der Waals surface area contributed by atoms with Crippen LogP contribution in [0.4, 0.5) is 5.82 Å². The predicted molar refractivity (Wildman–Crippen MR) is 60.3 cm³/mol. The normalized spacial score (nSPS) is 15.5. The monoisotopic (exact) mass is 218 g/mol. The van der Waals surface area contributed by atoms with Crippen molar-refractivity contribution in [3.05, 3.63) is 18.7 Å². The van der Waals surface area contributed by atoms with Gasteiger partial charge in [0.1, 0.15) is 6.33 Å². The molecule has 0 spiro atoms. The van der Waals surface area contributed by atoms with Crippen LogP contribution in [0.25, 0.3) is 5.65 Å². The molecule has 1 fully saturated rings. The molecule has 2 heterocycles. The number of nitrogens with zero attached hydrogens (tertiary/aromatic N) is 4. The van der Waals surface area contributed by atoms with E-state index in [9.17, 15) is 0 Å². The lowest BCUT2D eigenvalue weighted by atomic mass is 10.5. The molecule has 2 N–H and O–H groups in total. The molecule has 0 radical (unpaired) electrons. The first-order valence-corrected chi connectivity index (χ1v) is 5.55. The Labute approximate surface area is 93.1 Å². The Morgan fingerprint density at radius 3 is 3.19 bits per heavy atom. The Hall–Kier alpha value is -1.69. The highest BCUT2D eigenvalue weighted by Gasteiger charge is 2.19. The van der Waals surface area contributed by atoms with Gasteiger partial charge in [-0.2, -0.15) is 0 Å². The zero-order chi connectivity index (χ0) is 10.8. The molecule has 0 amide bonds. The van der Waals surface area contributed by atoms with Crippen molar-refractivity contribution in [2.45, 2.75) is 18.9 Å². The van der Waals surface area contributed by atoms with Gasteiger partial charge in [-0.3, -0.25) is 4.40 Å². The third kappa shape index (κ3) is 1.96. The van der Waals surface area contributed by atoms with Gasteiger partial charge in [0.25, 0.3) is 0 Å². The highest BCUT2D eigenvalue weighted by Crippen LogP contribution is 2.18. The fraction of sp³-hybridized carbons (Fsp3) is 0.500. The average Bonchev–Trinajstić information content (AvgIpc) is 3.00. The van der Waals surface area contributed by atoms with E-state index in [2.05, 4.69) is 25.8 Å². The van der Waals surface area contributed by atoms with Crippen molar-refractivity contribution in [1.29, 1.82) is 0 Å². The SMILES string of the molecule is c1cn2cnnc2c(NCCNC2CC2)n1. The molecule has 0 aromatic carbocycles. The van der Waals surface area contributed by atoms with E-state index in [1.807, 2.05) is 10.6 Å². The van der Waals surface area contributed by atoms with Gasteiger partial charge in [-0.05, 0) is 12.8 Å². The van der Waals surface area contributed by atoms with Crippen LogP contribution in [0.3, 0.4) is 0 Å². The van der Waals surface area contributed by atoms with Gasteiger partial charge < -0.3 is 10.6 Å². The van der Waals surface area contributed by atoms with Gasteiger partial charge in [-0.1, -0.05) is 0 Å². The lowest BCUT2D eigenvalue weighted by Gasteiger charge is -2.06. The van der Waals surface area contributed by atoms with Crippen molar-refractivity contribution < 1.29 is 0 Å². The highest BCUT2D eigenvalue weighted by atomic mass is 15.2. The second-order valence-corrected chi connectivity index (χ2v) is 3.99. The molecule has 1 aliphatic carbocycles. The summed E-state index contributed by atoms with van der Waals surface area (Å²) >= 11 is 0. The van der Waals surface area contributed by atoms with Gasteiger partial charge in [0.15, 0.2) is 5.82 Å². The molecule has 3 rings (SSSR count). The van der Waals surface area contributed by atoms with Gasteiger partial charge in [0, 0.05) is 31.5 Å². The fourth-order valence-corrected chi connectivity index (χ4v) is 1.63. The molecule has 0 atom stereocenters. The van der Waals surface area contributed by atoms with Crippen LogP contribution in [-0.4, -0.2) is 38.7 Å². The van der Waals surface area contributed by atoms with E-state index in [1.54, 1.807) is 12.5 Å². The molecule has 84 valence electrons. The molecule has 0 unspecified atom stereocenters. The largest absolute Gasteiger partial charge is 0.366 e. The quantitative estimate of drug-likeness (QED) is 0.706. The van der Waals surface area contributed by atoms with Crippen molar-refractivity contribution in [2.75, 3.05) is 18.4 Å². The van der Waals surface area contributed by atoms with Gasteiger partial charge in [0.2, 0.25) is 5.65 Å². The second kappa shape index (κ2) is 4.05. The summed E-state index contributed by atoms with van der Waals surface area (Å²) in [7, 11) is 0. The van der Waals surface area contributed by atoms with Crippen LogP contribution >= 0.6 is 0 Å². The zero-order valence-corrected chi connectivity index (χ0v) is 8.93. The molecule has 2 aromatic rings. The smallest absolute Gasteiger partial charge is 0.203 e. The third-order valence-corrected chi connectivity index (χ3v) is 2.64. The molecule has 1 aliphatic rings. The number of anilines is 1. The summed E-state index contributed by atoms with van der Waals surface area (Å²) in [5.41, 5.74) is 0.772. The molecule has 0 saturated heterocycles. The minimum absolute atomic E-state index is 0.749. The van der Waals surface area contributed by atoms with E-state index in [-0.39, 0.29) is 0 Å². The molecule has 0 aliphatic heterocycles. The number of rotatable bonds is 5. The van der Waals surface area contributed by atoms with Gasteiger partial charge in [0.05, 0.1) is 0 Å². The fourth-order valence-electron chi connectivity index (χ4n) is 1.63. The number of nitrogens with one attached hydrogen (secondary N) is 2. The Balaban J connectivity index is 1.61. The minimum Gasteiger partial charge on any atom is -0.366 e. The first-order chi connectivity index (χ1) is 7.93. The van der Waals surface area contributed by atoms with Crippen molar-refractivity contribution in [2.24, 2.45) is 0 Å². The van der Waals surface area contributed by atoms with Gasteiger partial charge in [-0.15, -0.1) is 10.2 Å². The van der Waals surface area contributed by atoms with Crippen LogP contribution in [0.15, 0.2) is 18.7 Å². The lowest BCUT2D eigenvalue weighted by Crippen LogP contribution is -2.24. The number of aromatic nitrogens is 4. The molecular formula is C10H14N6. The Morgan fingerprint density at radius 1 is 1.38 bits per heavy atom. The molecule has 2 aromatic heterocycles. The standard InChI is InChI=1S/C10H14N6/c1-2-8(1)11-3-4-12-9-10-15-14-7-16(10)6-5-13-9/h5-8,11H,1-4H2,(H,12,13). The van der Waals surface area contributed by atoms with E-state index >= 15 is 0 Å². The van der Waals surface area contributed by atoms with Crippen LogP contribution in [0.1, 0.15) is 12.8 Å². The Bertz CT molecular complexity index is 475. The Kier molecular flexibility index (Phi) is 2.41. The number of hydrogen-bond donors (Lipinski definition) is 2. The highest BCUT2D eigenvalue weighted by molar-refractivity contribution is 5.61. The van der Waals surface area contributed by atoms with E-state index in [1.165, 1.54) is 12.8 Å². The third-order valence-electron chi connectivity index (χ3n) is 2.64. The van der Waals surface area contributed by atoms with Crippen LogP contribution in [0.5, 0.6) is 0 Å². The van der Waals surface area contributed by atoms with Gasteiger partial charge >= 0.3 is 0 Å².